The summed E-state index contributed by atoms with van der Waals surface area (Å²) in [5.74, 6) is 0. The summed E-state index contributed by atoms with van der Waals surface area (Å²) in [7, 11) is 0. The largest absolute Gasteiger partial charge is 0.376 e. The molecule has 0 heterocycles. The fourth-order valence-corrected chi connectivity index (χ4v) is 1.93. The van der Waals surface area contributed by atoms with E-state index in [0.717, 1.165) is 0 Å². The third-order valence-corrected chi connectivity index (χ3v) is 1.99. The number of nitrogens with zero attached hydrogens (tertiary/aromatic N) is 1. The van der Waals surface area contributed by atoms with Crippen LogP contribution in [0.15, 0.2) is 0 Å². The molecule has 3 nitrogen and oxygen atoms in total. The highest BCUT2D eigenvalue weighted by molar-refractivity contribution is 7.81. The molecule has 0 spiro atoms. The molecule has 0 aromatic carbocycles. The van der Waals surface area contributed by atoms with Gasteiger partial charge in [0.05, 0.1) is 0 Å². The van der Waals surface area contributed by atoms with Crippen LogP contribution in [0.2, 0.25) is 0 Å². The maximum atomic E-state index is 5.34. The Kier molecular flexibility index (Phi) is 5.17. The first kappa shape index (κ1) is 12.6. The van der Waals surface area contributed by atoms with Gasteiger partial charge in [0.1, 0.15) is 0 Å². The van der Waals surface area contributed by atoms with Gasteiger partial charge in [0, 0.05) is 12.1 Å². The molecule has 0 bridgehead atoms. The zero-order chi connectivity index (χ0) is 10.6. The van der Waals surface area contributed by atoms with E-state index >= 15 is 0 Å². The second-order valence-corrected chi connectivity index (χ2v) is 4.22. The van der Waals surface area contributed by atoms with E-state index in [4.69, 9.17) is 30.2 Å². The molecule has 0 aliphatic rings. The van der Waals surface area contributed by atoms with Gasteiger partial charge in [0.25, 0.3) is 0 Å². The summed E-state index contributed by atoms with van der Waals surface area (Å²) in [5, 5.41) is 3.59. The van der Waals surface area contributed by atoms with Crippen molar-refractivity contribution in [1.29, 1.82) is 0 Å². The molecule has 13 heavy (non-hydrogen) atoms. The van der Waals surface area contributed by atoms with Crippen molar-refractivity contribution < 1.29 is 0 Å². The van der Waals surface area contributed by atoms with E-state index in [1.54, 1.807) is 0 Å². The molecule has 0 aromatic heterocycles. The Hall–Kier alpha value is -0.420. The van der Waals surface area contributed by atoms with Crippen molar-refractivity contribution in [3.63, 3.8) is 0 Å². The summed E-state index contributed by atoms with van der Waals surface area (Å²) in [6.07, 6.45) is 0. The van der Waals surface area contributed by atoms with Crippen molar-refractivity contribution in [3.05, 3.63) is 0 Å². The Morgan fingerprint density at radius 3 is 1.77 bits per heavy atom. The Balaban J connectivity index is 4.38. The van der Waals surface area contributed by atoms with Gasteiger partial charge in [-0.05, 0) is 52.1 Å². The second-order valence-electron chi connectivity index (χ2n) is 3.39. The lowest BCUT2D eigenvalue weighted by Gasteiger charge is -2.33. The van der Waals surface area contributed by atoms with E-state index in [-0.39, 0.29) is 5.11 Å². The third-order valence-electron chi connectivity index (χ3n) is 1.58. The SMILES string of the molecule is CC(C)N(C(=S)NC(N)=S)C(C)C. The van der Waals surface area contributed by atoms with Crippen LogP contribution < -0.4 is 11.1 Å². The first-order valence-corrected chi connectivity index (χ1v) is 5.06. The molecule has 0 amide bonds. The molecule has 0 fully saturated rings. The normalized spacial score (nSPS) is 10.3. The zero-order valence-electron chi connectivity index (χ0n) is 8.50. The number of nitrogens with one attached hydrogen (secondary N) is 1. The van der Waals surface area contributed by atoms with Crippen LogP contribution in [0.25, 0.3) is 0 Å². The molecule has 0 saturated heterocycles. The lowest BCUT2D eigenvalue weighted by Crippen LogP contribution is -2.50. The topological polar surface area (TPSA) is 41.3 Å². The van der Waals surface area contributed by atoms with E-state index < -0.39 is 0 Å². The standard InChI is InChI=1S/C8H17N3S2/c1-5(2)11(6(3)4)8(13)10-7(9)12/h5-6H,1-4H3,(H3,9,10,12,13). The smallest absolute Gasteiger partial charge is 0.175 e. The third kappa shape index (κ3) is 4.38. The highest BCUT2D eigenvalue weighted by Crippen LogP contribution is 2.04. The van der Waals surface area contributed by atoms with E-state index in [9.17, 15) is 0 Å². The van der Waals surface area contributed by atoms with Gasteiger partial charge in [-0.2, -0.15) is 0 Å². The van der Waals surface area contributed by atoms with Gasteiger partial charge in [0.2, 0.25) is 0 Å². The molecule has 0 aromatic rings. The minimum atomic E-state index is 0.219. The minimum absolute atomic E-state index is 0.219. The van der Waals surface area contributed by atoms with E-state index in [0.29, 0.717) is 17.2 Å². The molecule has 0 rings (SSSR count). The van der Waals surface area contributed by atoms with Gasteiger partial charge >= 0.3 is 0 Å². The maximum absolute atomic E-state index is 5.34. The number of hydrogen-bond donors (Lipinski definition) is 2. The molecule has 3 N–H and O–H groups in total. The minimum Gasteiger partial charge on any atom is -0.376 e. The highest BCUT2D eigenvalue weighted by atomic mass is 32.1. The average Bonchev–Trinajstić information content (AvgIpc) is 1.81. The molecule has 0 aliphatic heterocycles. The summed E-state index contributed by atoms with van der Waals surface area (Å²) in [6, 6.07) is 0.684. The van der Waals surface area contributed by atoms with Crippen molar-refractivity contribution in [2.24, 2.45) is 5.73 Å². The van der Waals surface area contributed by atoms with Crippen LogP contribution in [0, 0.1) is 0 Å². The predicted octanol–water partition coefficient (Wildman–Crippen LogP) is 1.22. The highest BCUT2D eigenvalue weighted by Gasteiger charge is 2.16. The number of nitrogens with two attached hydrogens (primary N) is 1. The van der Waals surface area contributed by atoms with Crippen LogP contribution in [-0.2, 0) is 0 Å². The quantitative estimate of drug-likeness (QED) is 0.684. The van der Waals surface area contributed by atoms with Crippen LogP contribution in [-0.4, -0.2) is 27.2 Å². The van der Waals surface area contributed by atoms with E-state index in [2.05, 4.69) is 37.9 Å². The summed E-state index contributed by atoms with van der Waals surface area (Å²) in [6.45, 7) is 8.31. The fraction of sp³-hybridized carbons (Fsp3) is 0.750. The summed E-state index contributed by atoms with van der Waals surface area (Å²) >= 11 is 9.87. The molecule has 0 saturated carbocycles. The number of thiocarbonyl (C=S) groups is 2. The first-order valence-electron chi connectivity index (χ1n) is 4.25. The van der Waals surface area contributed by atoms with Gasteiger partial charge in [-0.1, -0.05) is 0 Å². The summed E-state index contributed by atoms with van der Waals surface area (Å²) in [5.41, 5.74) is 5.34. The van der Waals surface area contributed by atoms with Crippen molar-refractivity contribution >= 4 is 34.7 Å². The van der Waals surface area contributed by atoms with Gasteiger partial charge in [0.15, 0.2) is 10.2 Å². The molecular weight excluding hydrogens is 202 g/mol. The fourth-order valence-electron chi connectivity index (χ4n) is 1.24. The van der Waals surface area contributed by atoms with Crippen molar-refractivity contribution in [1.82, 2.24) is 10.2 Å². The van der Waals surface area contributed by atoms with Gasteiger partial charge < -0.3 is 16.0 Å². The lowest BCUT2D eigenvalue weighted by atomic mass is 10.2. The van der Waals surface area contributed by atoms with Crippen LogP contribution in [0.1, 0.15) is 27.7 Å². The monoisotopic (exact) mass is 219 g/mol. The average molecular weight is 219 g/mol. The number of rotatable bonds is 2. The number of hydrogen-bond acceptors (Lipinski definition) is 2. The van der Waals surface area contributed by atoms with Crippen LogP contribution >= 0.6 is 24.4 Å². The van der Waals surface area contributed by atoms with E-state index in [1.165, 1.54) is 0 Å². The molecular formula is C8H17N3S2. The van der Waals surface area contributed by atoms with Crippen molar-refractivity contribution in [2.75, 3.05) is 0 Å². The van der Waals surface area contributed by atoms with Gasteiger partial charge in [-0.15, -0.1) is 0 Å². The Morgan fingerprint density at radius 2 is 1.54 bits per heavy atom. The molecule has 76 valence electrons. The van der Waals surface area contributed by atoms with Crippen LogP contribution in [0.5, 0.6) is 0 Å². The predicted molar refractivity (Wildman–Crippen MR) is 64.6 cm³/mol. The van der Waals surface area contributed by atoms with Crippen molar-refractivity contribution in [3.8, 4) is 0 Å². The summed E-state index contributed by atoms with van der Waals surface area (Å²) in [4.78, 5) is 2.05. The second kappa shape index (κ2) is 5.34. The molecule has 0 aliphatic carbocycles. The molecule has 0 radical (unpaired) electrons. The zero-order valence-corrected chi connectivity index (χ0v) is 10.1. The Morgan fingerprint density at radius 1 is 1.15 bits per heavy atom. The molecule has 0 atom stereocenters. The Bertz CT molecular complexity index is 194. The maximum Gasteiger partial charge on any atom is 0.175 e. The Labute approximate surface area is 90.7 Å². The molecule has 5 heteroatoms. The van der Waals surface area contributed by atoms with Gasteiger partial charge in [-0.25, -0.2) is 0 Å². The first-order chi connectivity index (χ1) is 5.86. The summed E-state index contributed by atoms with van der Waals surface area (Å²) < 4.78 is 0. The van der Waals surface area contributed by atoms with Crippen LogP contribution in [0.3, 0.4) is 0 Å². The van der Waals surface area contributed by atoms with E-state index in [1.807, 2.05) is 0 Å². The lowest BCUT2D eigenvalue weighted by molar-refractivity contribution is 0.292. The van der Waals surface area contributed by atoms with Gasteiger partial charge in [-0.3, -0.25) is 0 Å². The van der Waals surface area contributed by atoms with Crippen LogP contribution in [0.4, 0.5) is 0 Å². The molecule has 0 unspecified atom stereocenters. The van der Waals surface area contributed by atoms with Crippen molar-refractivity contribution in [2.45, 2.75) is 39.8 Å².